The van der Waals surface area contributed by atoms with E-state index in [2.05, 4.69) is 59.2 Å². The number of imidazole rings is 1. The van der Waals surface area contributed by atoms with E-state index in [1.54, 1.807) is 18.3 Å². The summed E-state index contributed by atoms with van der Waals surface area (Å²) in [5.41, 5.74) is 26.1. The minimum Gasteiger partial charge on any atom is -0.481 e. The zero-order valence-electron chi connectivity index (χ0n) is 43.1. The Balaban J connectivity index is 1.90. The van der Waals surface area contributed by atoms with Gasteiger partial charge in [0.25, 0.3) is 0 Å². The van der Waals surface area contributed by atoms with Crippen molar-refractivity contribution in [1.82, 2.24) is 41.5 Å². The highest BCUT2D eigenvalue weighted by Gasteiger charge is 2.31. The number of thioether (sulfide) groups is 1. The van der Waals surface area contributed by atoms with E-state index in [0.29, 0.717) is 50.1 Å². The van der Waals surface area contributed by atoms with Gasteiger partial charge in [0, 0.05) is 65.7 Å². The molecule has 9 atom stereocenters. The quantitative estimate of drug-likeness (QED) is 0.00980. The van der Waals surface area contributed by atoms with Gasteiger partial charge in [-0.25, -0.2) is 4.98 Å². The van der Waals surface area contributed by atoms with Crippen LogP contribution in [0.4, 0.5) is 0 Å². The first kappa shape index (κ1) is 62.6. The van der Waals surface area contributed by atoms with Crippen molar-refractivity contribution in [2.24, 2.45) is 45.7 Å². The number of nitrogens with one attached hydrogen (secondary N) is 7. The molecule has 2 heterocycles. The van der Waals surface area contributed by atoms with Crippen LogP contribution in [0.1, 0.15) is 89.8 Å². The van der Waals surface area contributed by atoms with Crippen LogP contribution < -0.4 is 49.5 Å². The molecule has 410 valence electrons. The molecule has 0 saturated heterocycles. The third-order valence-corrected chi connectivity index (χ3v) is 13.3. The molecule has 4 amide bonds. The van der Waals surface area contributed by atoms with Crippen LogP contribution in [0, 0.1) is 17.8 Å². The molecule has 0 radical (unpaired) electrons. The first-order valence-electron chi connectivity index (χ1n) is 25.2. The van der Waals surface area contributed by atoms with Crippen molar-refractivity contribution in [2.45, 2.75) is 134 Å². The average Bonchev–Trinajstić information content (AvgIpc) is 4.03. The number of unbranched alkanes of at least 4 members (excludes halogenated alkanes) is 1. The standard InChI is InChI=1S/C51H81N13O8S2/c1-31(2)24-37(18-14-33(16-19-45(66)67)46(68)64-44(29-73)32(3)65)61-49(71)42(13-9-22-57-51(54)55)63-50(72)43(20-23-74-4)62-47(69)34(25-38-28-56-30-59-38)15-17-36(10-7-8-21-52)60-48(70)40(53)26-35-27-58-41-12-6-5-11-39(35)41/h5-6,11-12,14-15,17-18,27-28,30-31,33-34,36-37,40,42-44,47,58,62,69,73H,7-10,13,16,19-26,29,52-53H2,1-4H3,(H,56,59)(H,60,70)(H,61,71)(H,63,72)(H,64,68)(H,66,67)(H4,54,55,57). The summed E-state index contributed by atoms with van der Waals surface area (Å²) in [5, 5.41) is 37.2. The molecule has 23 heteroatoms. The summed E-state index contributed by atoms with van der Waals surface area (Å²) in [7, 11) is 0. The van der Waals surface area contributed by atoms with Gasteiger partial charge in [-0.05, 0) is 107 Å². The molecule has 74 heavy (non-hydrogen) atoms. The number of nitrogens with zero attached hydrogens (tertiary/aromatic N) is 2. The van der Waals surface area contributed by atoms with E-state index in [9.17, 15) is 39.0 Å². The Labute approximate surface area is 444 Å². The van der Waals surface area contributed by atoms with E-state index < -0.39 is 78.0 Å². The number of aliphatic imine (C=N–C) groups is 1. The number of ketones is 1. The van der Waals surface area contributed by atoms with Gasteiger partial charge in [0.2, 0.25) is 23.6 Å². The predicted molar refractivity (Wildman–Crippen MR) is 295 cm³/mol. The molecule has 1 aromatic carbocycles. The zero-order valence-corrected chi connectivity index (χ0v) is 44.8. The normalized spacial score (nSPS) is 15.4. The number of aliphatic hydroxyl groups excluding tert-OH is 1. The number of aromatic amines is 2. The van der Waals surface area contributed by atoms with E-state index in [0.717, 1.165) is 22.9 Å². The minimum atomic E-state index is -1.31. The Bertz CT molecular complexity index is 2290. The molecular weight excluding hydrogens is 987 g/mol. The van der Waals surface area contributed by atoms with Crippen LogP contribution in [0.2, 0.25) is 0 Å². The first-order valence-corrected chi connectivity index (χ1v) is 27.3. The van der Waals surface area contributed by atoms with Crippen LogP contribution in [0.15, 0.2) is 72.3 Å². The lowest BCUT2D eigenvalue weighted by Crippen LogP contribution is -2.56. The summed E-state index contributed by atoms with van der Waals surface area (Å²) in [4.78, 5) is 93.8. The number of para-hydroxylation sites is 1. The number of H-pyrrole nitrogens is 2. The second-order valence-electron chi connectivity index (χ2n) is 18.9. The average molecular weight is 1070 g/mol. The highest BCUT2D eigenvalue weighted by Crippen LogP contribution is 2.20. The molecule has 0 aliphatic heterocycles. The fourth-order valence-electron chi connectivity index (χ4n) is 8.15. The Kier molecular flexibility index (Phi) is 28.7. The molecule has 0 spiro atoms. The number of carbonyl (C=O) groups is 6. The number of rotatable bonds is 37. The van der Waals surface area contributed by atoms with E-state index in [1.807, 2.05) is 56.6 Å². The maximum Gasteiger partial charge on any atom is 0.303 e. The number of amides is 4. The van der Waals surface area contributed by atoms with Crippen molar-refractivity contribution in [3.63, 3.8) is 0 Å². The van der Waals surface area contributed by atoms with E-state index in [1.165, 1.54) is 31.1 Å². The van der Waals surface area contributed by atoms with Crippen molar-refractivity contribution in [1.29, 1.82) is 0 Å². The number of guanidine groups is 1. The van der Waals surface area contributed by atoms with Crippen molar-refractivity contribution < 1.29 is 39.0 Å². The molecule has 0 saturated carbocycles. The van der Waals surface area contributed by atoms with Gasteiger partial charge in [-0.15, -0.1) is 0 Å². The smallest absolute Gasteiger partial charge is 0.303 e. The number of aliphatic carboxylic acids is 1. The topological polar surface area (TPSA) is 364 Å². The number of carboxylic acid groups (broad SMARTS) is 1. The van der Waals surface area contributed by atoms with Crippen LogP contribution in [0.5, 0.6) is 0 Å². The van der Waals surface area contributed by atoms with Gasteiger partial charge in [-0.2, -0.15) is 24.4 Å². The van der Waals surface area contributed by atoms with Crippen molar-refractivity contribution in [3.8, 4) is 0 Å². The molecule has 3 aromatic rings. The Hall–Kier alpha value is -5.72. The number of nitrogens with two attached hydrogens (primary N) is 4. The van der Waals surface area contributed by atoms with Crippen LogP contribution >= 0.6 is 24.4 Å². The lowest BCUT2D eigenvalue weighted by molar-refractivity contribution is -0.137. The molecular formula is C51H81N13O8S2. The molecule has 21 nitrogen and oxygen atoms in total. The van der Waals surface area contributed by atoms with Crippen LogP contribution in [0.25, 0.3) is 10.9 Å². The highest BCUT2D eigenvalue weighted by atomic mass is 32.2. The maximum absolute atomic E-state index is 14.4. The zero-order chi connectivity index (χ0) is 54.6. The van der Waals surface area contributed by atoms with Crippen LogP contribution in [-0.4, -0.2) is 140 Å². The number of hydrogen-bond donors (Lipinski definition) is 14. The van der Waals surface area contributed by atoms with Gasteiger partial charge in [0.1, 0.15) is 12.3 Å². The van der Waals surface area contributed by atoms with Gasteiger partial charge >= 0.3 is 5.97 Å². The van der Waals surface area contributed by atoms with Crippen molar-refractivity contribution >= 4 is 76.6 Å². The number of carboxylic acids is 1. The predicted octanol–water partition coefficient (Wildman–Crippen LogP) is 1.93. The summed E-state index contributed by atoms with van der Waals surface area (Å²) >= 11 is 5.67. The fourth-order valence-corrected chi connectivity index (χ4v) is 8.97. The summed E-state index contributed by atoms with van der Waals surface area (Å²) in [6.45, 7) is 5.86. The Morgan fingerprint density at radius 1 is 0.838 bits per heavy atom. The number of Topliss-reactive ketones (excluding diaryl/α,β-unsaturated/α-hetero) is 1. The Morgan fingerprint density at radius 2 is 1.54 bits per heavy atom. The molecule has 0 aliphatic carbocycles. The molecule has 0 fully saturated rings. The second-order valence-corrected chi connectivity index (χ2v) is 20.2. The number of aromatic nitrogens is 3. The number of carbonyl (C=O) groups excluding carboxylic acids is 5. The third kappa shape index (κ3) is 23.2. The number of fused-ring (bicyclic) bond motifs is 1. The van der Waals surface area contributed by atoms with Gasteiger partial charge in [-0.1, -0.05) is 56.4 Å². The molecule has 0 aliphatic rings. The SMILES string of the molecule is CSCCC(NC(O)C(C=CC(CCCCN)NC(=O)C(N)Cc1c[nH]c2ccccc12)Cc1cnc[nH]1)C(=O)NC(CCCN=C(N)N)C(=O)NC(C=CC(CCC(=O)O)C(=O)NC(CS)C(C)=O)CC(C)C. The lowest BCUT2D eigenvalue weighted by Gasteiger charge is -2.29. The van der Waals surface area contributed by atoms with Gasteiger partial charge in [-0.3, -0.25) is 39.1 Å². The second kappa shape index (κ2) is 34.0. The van der Waals surface area contributed by atoms with E-state index in [4.69, 9.17) is 22.9 Å². The summed E-state index contributed by atoms with van der Waals surface area (Å²) in [6.07, 6.45) is 15.7. The molecule has 3 rings (SSSR count). The van der Waals surface area contributed by atoms with E-state index >= 15 is 0 Å². The number of aliphatic hydroxyl groups is 1. The summed E-state index contributed by atoms with van der Waals surface area (Å²) in [6, 6.07) is 2.88. The third-order valence-electron chi connectivity index (χ3n) is 12.3. The summed E-state index contributed by atoms with van der Waals surface area (Å²) < 4.78 is 0. The van der Waals surface area contributed by atoms with Crippen LogP contribution in [0.3, 0.4) is 0 Å². The Morgan fingerprint density at radius 3 is 2.19 bits per heavy atom. The maximum atomic E-state index is 14.4. The molecule has 9 unspecified atom stereocenters. The van der Waals surface area contributed by atoms with E-state index in [-0.39, 0.29) is 68.0 Å². The number of hydrogen-bond acceptors (Lipinski definition) is 14. The van der Waals surface area contributed by atoms with Crippen molar-refractivity contribution in [3.05, 3.63) is 78.5 Å². The number of benzene rings is 1. The number of thiol groups is 1. The molecule has 0 bridgehead atoms. The monoisotopic (exact) mass is 1070 g/mol. The van der Waals surface area contributed by atoms with Gasteiger partial charge in [0.05, 0.1) is 30.4 Å². The fraction of sp³-hybridized carbons (Fsp3) is 0.569. The van der Waals surface area contributed by atoms with Crippen LogP contribution in [-0.2, 0) is 41.6 Å². The molecule has 2 aromatic heterocycles. The lowest BCUT2D eigenvalue weighted by atomic mass is 9.97. The van der Waals surface area contributed by atoms with Gasteiger partial charge in [0.15, 0.2) is 11.7 Å². The van der Waals surface area contributed by atoms with Gasteiger partial charge < -0.3 is 64.4 Å². The first-order chi connectivity index (χ1) is 35.3. The highest BCUT2D eigenvalue weighted by molar-refractivity contribution is 7.98. The summed E-state index contributed by atoms with van der Waals surface area (Å²) in [5.74, 6) is -4.50. The van der Waals surface area contributed by atoms with Crippen molar-refractivity contribution in [2.75, 3.05) is 30.9 Å². The minimum absolute atomic E-state index is 0.0499. The molecule has 17 N–H and O–H groups in total. The largest absolute Gasteiger partial charge is 0.481 e.